The Hall–Kier alpha value is -3.42. The summed E-state index contributed by atoms with van der Waals surface area (Å²) in [5, 5.41) is 12.0. The Morgan fingerprint density at radius 3 is 2.47 bits per heavy atom. The molecule has 1 aliphatic rings. The molecule has 0 saturated carbocycles. The first-order valence-electron chi connectivity index (χ1n) is 10.9. The molecule has 0 atom stereocenters. The van der Waals surface area contributed by atoms with Crippen molar-refractivity contribution in [2.24, 2.45) is 4.99 Å². The van der Waals surface area contributed by atoms with E-state index in [1.807, 2.05) is 0 Å². The van der Waals surface area contributed by atoms with Gasteiger partial charge in [0.25, 0.3) is 5.56 Å². The van der Waals surface area contributed by atoms with Gasteiger partial charge in [-0.1, -0.05) is 17.7 Å². The average molecular weight is 532 g/mol. The summed E-state index contributed by atoms with van der Waals surface area (Å²) in [6.45, 7) is -0.159. The van der Waals surface area contributed by atoms with Crippen LogP contribution in [-0.4, -0.2) is 40.7 Å². The van der Waals surface area contributed by atoms with Gasteiger partial charge in [-0.05, 0) is 35.8 Å². The van der Waals surface area contributed by atoms with Gasteiger partial charge in [0.15, 0.2) is 17.5 Å². The Kier molecular flexibility index (Phi) is 7.33. The topological polar surface area (TPSA) is 100.0 Å². The molecule has 0 spiro atoms. The first-order chi connectivity index (χ1) is 17.0. The number of aromatic nitrogens is 6. The van der Waals surface area contributed by atoms with Crippen LogP contribution in [0.15, 0.2) is 32.8 Å². The van der Waals surface area contributed by atoms with E-state index >= 15 is 0 Å². The molecule has 0 aliphatic carbocycles. The minimum atomic E-state index is -4.38. The maximum atomic E-state index is 13.4. The normalized spacial score (nSPS) is 13.2. The molecule has 3 aromatic rings. The van der Waals surface area contributed by atoms with Crippen LogP contribution in [0.4, 0.5) is 27.8 Å². The molecule has 0 unspecified atom stereocenters. The maximum Gasteiger partial charge on any atom is 0.389 e. The van der Waals surface area contributed by atoms with E-state index in [2.05, 4.69) is 20.4 Å². The fourth-order valence-electron chi connectivity index (χ4n) is 3.81. The third-order valence-electron chi connectivity index (χ3n) is 5.46. The number of benzene rings is 1. The highest BCUT2D eigenvalue weighted by molar-refractivity contribution is 6.66. The van der Waals surface area contributed by atoms with Gasteiger partial charge >= 0.3 is 11.9 Å². The summed E-state index contributed by atoms with van der Waals surface area (Å²) in [7, 11) is 0. The zero-order chi connectivity index (χ0) is 26.0. The number of rotatable bonds is 9. The summed E-state index contributed by atoms with van der Waals surface area (Å²) in [5.41, 5.74) is -0.780. The quantitative estimate of drug-likeness (QED) is 0.395. The summed E-state index contributed by atoms with van der Waals surface area (Å²) in [6.07, 6.45) is -5.48. The number of aliphatic imine (C=N–C) groups is 1. The van der Waals surface area contributed by atoms with E-state index in [-0.39, 0.29) is 67.7 Å². The third kappa shape index (κ3) is 5.86. The highest BCUT2D eigenvalue weighted by atomic mass is 35.5. The summed E-state index contributed by atoms with van der Waals surface area (Å²) in [5.74, 6) is -1.71. The molecule has 36 heavy (non-hydrogen) atoms. The van der Waals surface area contributed by atoms with Gasteiger partial charge in [-0.3, -0.25) is 13.9 Å². The Bertz CT molecular complexity index is 1430. The minimum Gasteiger partial charge on any atom is -0.278 e. The molecule has 2 aromatic heterocycles. The van der Waals surface area contributed by atoms with Gasteiger partial charge in [0.05, 0.1) is 12.1 Å². The van der Waals surface area contributed by atoms with Gasteiger partial charge in [0, 0.05) is 32.4 Å². The van der Waals surface area contributed by atoms with E-state index in [1.165, 1.54) is 10.9 Å². The van der Waals surface area contributed by atoms with Crippen molar-refractivity contribution in [3.63, 3.8) is 0 Å². The molecule has 9 nitrogen and oxygen atoms in total. The zero-order valence-electron chi connectivity index (χ0n) is 18.6. The molecule has 15 heteroatoms. The lowest BCUT2D eigenvalue weighted by molar-refractivity contribution is -0.135. The van der Waals surface area contributed by atoms with Crippen molar-refractivity contribution in [2.45, 2.75) is 57.9 Å². The lowest BCUT2D eigenvalue weighted by atomic mass is 10.1. The molecule has 0 saturated heterocycles. The largest absolute Gasteiger partial charge is 0.389 e. The van der Waals surface area contributed by atoms with Gasteiger partial charge in [-0.25, -0.2) is 18.6 Å². The molecule has 0 fully saturated rings. The van der Waals surface area contributed by atoms with Crippen molar-refractivity contribution in [2.75, 3.05) is 0 Å². The molecule has 1 aliphatic heterocycles. The number of fused-ring (bicyclic) bond motifs is 1. The Labute approximate surface area is 204 Å². The molecule has 0 bridgehead atoms. The average Bonchev–Trinajstić information content (AvgIpc) is 3.41. The van der Waals surface area contributed by atoms with Crippen molar-refractivity contribution >= 4 is 22.6 Å². The SMILES string of the molecule is O=c1c2c(n(CCCC(F)(F)F)c(=O)n1CCCn1nnc(Cc3ccc(F)c(F)c3)n1)N=C(Cl)C2. The number of nitrogens with zero attached hydrogens (tertiary/aromatic N) is 7. The molecule has 0 radical (unpaired) electrons. The van der Waals surface area contributed by atoms with Crippen LogP contribution in [-0.2, 0) is 32.5 Å². The number of hydrogen-bond donors (Lipinski definition) is 0. The predicted octanol–water partition coefficient (Wildman–Crippen LogP) is 3.12. The Morgan fingerprint density at radius 2 is 1.75 bits per heavy atom. The summed E-state index contributed by atoms with van der Waals surface area (Å²) >= 11 is 5.93. The molecule has 3 heterocycles. The van der Waals surface area contributed by atoms with Gasteiger partial charge in [0.1, 0.15) is 11.0 Å². The predicted molar refractivity (Wildman–Crippen MR) is 119 cm³/mol. The number of aryl methyl sites for hydroxylation is 1. The van der Waals surface area contributed by atoms with E-state index in [0.29, 0.717) is 5.56 Å². The van der Waals surface area contributed by atoms with Crippen molar-refractivity contribution in [3.8, 4) is 0 Å². The number of hydrogen-bond acceptors (Lipinski definition) is 6. The third-order valence-corrected chi connectivity index (χ3v) is 5.68. The fraction of sp³-hybridized carbons (Fsp3) is 0.429. The highest BCUT2D eigenvalue weighted by Gasteiger charge is 2.28. The van der Waals surface area contributed by atoms with Crippen LogP contribution in [0.2, 0.25) is 0 Å². The summed E-state index contributed by atoms with van der Waals surface area (Å²) in [4.78, 5) is 31.0. The van der Waals surface area contributed by atoms with Crippen molar-refractivity contribution in [3.05, 3.63) is 67.6 Å². The molecule has 0 N–H and O–H groups in total. The Balaban J connectivity index is 1.45. The molecule has 0 amide bonds. The summed E-state index contributed by atoms with van der Waals surface area (Å²) in [6, 6.07) is 3.43. The number of halogens is 6. The van der Waals surface area contributed by atoms with E-state index in [4.69, 9.17) is 11.6 Å². The molecular weight excluding hydrogens is 513 g/mol. The number of alkyl halides is 3. The van der Waals surface area contributed by atoms with Crippen molar-refractivity contribution in [1.82, 2.24) is 29.3 Å². The molecule has 1 aromatic carbocycles. The van der Waals surface area contributed by atoms with Crippen LogP contribution < -0.4 is 11.2 Å². The van der Waals surface area contributed by atoms with Crippen molar-refractivity contribution < 1.29 is 22.0 Å². The first-order valence-corrected chi connectivity index (χ1v) is 11.3. The molecule has 4 rings (SSSR count). The van der Waals surface area contributed by atoms with Gasteiger partial charge in [0.2, 0.25) is 0 Å². The van der Waals surface area contributed by atoms with E-state index in [9.17, 15) is 31.5 Å². The number of tetrazole rings is 1. The second-order valence-corrected chi connectivity index (χ2v) is 8.59. The standard InChI is InChI=1S/C21H19ClF5N7O2/c22-16-11-13-18(28-16)32(6-1-5-21(25,26)27)20(36)33(19(13)35)7-2-8-34-30-17(29-31-34)10-12-3-4-14(23)15(24)9-12/h3-4,9H,1-2,5-8,10-11H2. The molecular formula is C21H19ClF5N7O2. The summed E-state index contributed by atoms with van der Waals surface area (Å²) < 4.78 is 66.2. The van der Waals surface area contributed by atoms with Crippen LogP contribution in [0.3, 0.4) is 0 Å². The monoisotopic (exact) mass is 531 g/mol. The van der Waals surface area contributed by atoms with Gasteiger partial charge in [-0.2, -0.15) is 18.0 Å². The van der Waals surface area contributed by atoms with Crippen LogP contribution in [0.5, 0.6) is 0 Å². The van der Waals surface area contributed by atoms with Crippen LogP contribution in [0.1, 0.15) is 36.2 Å². The van der Waals surface area contributed by atoms with Crippen LogP contribution in [0.25, 0.3) is 0 Å². The van der Waals surface area contributed by atoms with E-state index < -0.39 is 35.5 Å². The second-order valence-electron chi connectivity index (χ2n) is 8.16. The lowest BCUT2D eigenvalue weighted by Gasteiger charge is -2.14. The smallest absolute Gasteiger partial charge is 0.278 e. The van der Waals surface area contributed by atoms with E-state index in [0.717, 1.165) is 21.3 Å². The second kappa shape index (κ2) is 10.3. The van der Waals surface area contributed by atoms with Gasteiger partial charge in [-0.15, -0.1) is 10.2 Å². The lowest BCUT2D eigenvalue weighted by Crippen LogP contribution is -2.41. The Morgan fingerprint density at radius 1 is 1.00 bits per heavy atom. The van der Waals surface area contributed by atoms with Gasteiger partial charge < -0.3 is 0 Å². The fourth-order valence-corrected chi connectivity index (χ4v) is 4.02. The van der Waals surface area contributed by atoms with E-state index in [1.54, 1.807) is 0 Å². The van der Waals surface area contributed by atoms with Crippen LogP contribution in [0, 0.1) is 11.6 Å². The van der Waals surface area contributed by atoms with Crippen molar-refractivity contribution in [1.29, 1.82) is 0 Å². The minimum absolute atomic E-state index is 0.00626. The van der Waals surface area contributed by atoms with Crippen LogP contribution >= 0.6 is 11.6 Å². The maximum absolute atomic E-state index is 13.4. The zero-order valence-corrected chi connectivity index (χ0v) is 19.4. The molecule has 192 valence electrons. The first kappa shape index (κ1) is 25.7. The highest BCUT2D eigenvalue weighted by Crippen LogP contribution is 2.26.